The molecule has 0 amide bonds. The average Bonchev–Trinajstić information content (AvgIpc) is 3.14. The molecule has 1 aromatic carbocycles. The van der Waals surface area contributed by atoms with Crippen LogP contribution in [0.5, 0.6) is 0 Å². The van der Waals surface area contributed by atoms with E-state index in [0.29, 0.717) is 24.7 Å². The predicted molar refractivity (Wildman–Crippen MR) is 136 cm³/mol. The lowest BCUT2D eigenvalue weighted by Crippen LogP contribution is -2.50. The Morgan fingerprint density at radius 1 is 1.06 bits per heavy atom. The number of hydrogen-bond donors (Lipinski definition) is 1. The fraction of sp³-hybridized carbons (Fsp3) is 0.581. The molecule has 0 bridgehead atoms. The van der Waals surface area contributed by atoms with Gasteiger partial charge in [0, 0.05) is 29.9 Å². The zero-order valence-corrected chi connectivity index (χ0v) is 21.4. The van der Waals surface area contributed by atoms with Crippen LogP contribution in [0, 0.1) is 22.7 Å². The Bertz CT molecular complexity index is 1120. The van der Waals surface area contributed by atoms with E-state index in [4.69, 9.17) is 0 Å². The zero-order chi connectivity index (χ0) is 25.0. The van der Waals surface area contributed by atoms with Crippen LogP contribution in [0.1, 0.15) is 100 Å². The van der Waals surface area contributed by atoms with Crippen molar-refractivity contribution in [3.05, 3.63) is 58.2 Å². The van der Waals surface area contributed by atoms with Crippen LogP contribution in [0.25, 0.3) is 0 Å². The van der Waals surface area contributed by atoms with Crippen molar-refractivity contribution in [3.8, 4) is 0 Å². The maximum Gasteiger partial charge on any atom is 0.159 e. The molecule has 4 aliphatic carbocycles. The first kappa shape index (κ1) is 24.4. The summed E-state index contributed by atoms with van der Waals surface area (Å²) in [4.78, 5) is 37.5. The second-order valence-electron chi connectivity index (χ2n) is 11.7. The molecule has 1 aromatic rings. The number of aliphatic hydroxyl groups is 1. The molecule has 0 unspecified atom stereocenters. The molecule has 5 atom stereocenters. The summed E-state index contributed by atoms with van der Waals surface area (Å²) in [5.74, 6) is 1.63. The van der Waals surface area contributed by atoms with E-state index in [1.807, 2.05) is 18.2 Å². The van der Waals surface area contributed by atoms with Crippen LogP contribution < -0.4 is 0 Å². The lowest BCUT2D eigenvalue weighted by Gasteiger charge is -2.56. The molecule has 4 nitrogen and oxygen atoms in total. The monoisotopic (exact) mass is 474 g/mol. The number of aliphatic hydroxyl groups excluding tert-OH is 1. The summed E-state index contributed by atoms with van der Waals surface area (Å²) >= 11 is 0. The second-order valence-corrected chi connectivity index (χ2v) is 11.7. The van der Waals surface area contributed by atoms with Crippen LogP contribution in [0.15, 0.2) is 47.1 Å². The summed E-state index contributed by atoms with van der Waals surface area (Å²) in [5.41, 5.74) is 5.54. The maximum atomic E-state index is 13.3. The van der Waals surface area contributed by atoms with Crippen molar-refractivity contribution in [3.63, 3.8) is 0 Å². The van der Waals surface area contributed by atoms with Crippen molar-refractivity contribution in [1.82, 2.24) is 0 Å². The van der Waals surface area contributed by atoms with Gasteiger partial charge in [0.25, 0.3) is 0 Å². The first-order valence-electron chi connectivity index (χ1n) is 13.4. The van der Waals surface area contributed by atoms with Gasteiger partial charge < -0.3 is 5.11 Å². The molecule has 0 heterocycles. The highest BCUT2D eigenvalue weighted by Crippen LogP contribution is 2.70. The van der Waals surface area contributed by atoms with E-state index in [2.05, 4.69) is 19.1 Å². The van der Waals surface area contributed by atoms with Crippen LogP contribution in [0.2, 0.25) is 0 Å². The first-order chi connectivity index (χ1) is 16.7. The van der Waals surface area contributed by atoms with E-state index in [-0.39, 0.29) is 35.3 Å². The summed E-state index contributed by atoms with van der Waals surface area (Å²) in [6.45, 7) is 5.84. The summed E-state index contributed by atoms with van der Waals surface area (Å²) in [7, 11) is 0. The highest BCUT2D eigenvalue weighted by Gasteiger charge is 2.64. The van der Waals surface area contributed by atoms with Gasteiger partial charge in [0.1, 0.15) is 5.78 Å². The molecule has 0 radical (unpaired) electrons. The molecule has 2 saturated carbocycles. The molecule has 5 rings (SSSR count). The van der Waals surface area contributed by atoms with E-state index in [1.165, 1.54) is 22.3 Å². The summed E-state index contributed by atoms with van der Waals surface area (Å²) < 4.78 is 0. The Balaban J connectivity index is 1.67. The largest absolute Gasteiger partial charge is 0.396 e. The number of hydrogen-bond acceptors (Lipinski definition) is 4. The minimum Gasteiger partial charge on any atom is -0.396 e. The van der Waals surface area contributed by atoms with Gasteiger partial charge >= 0.3 is 0 Å². The van der Waals surface area contributed by atoms with E-state index in [0.717, 1.165) is 50.5 Å². The molecule has 0 aliphatic heterocycles. The number of rotatable bonds is 6. The molecule has 186 valence electrons. The molecule has 2 fully saturated rings. The second kappa shape index (κ2) is 8.96. The SMILES string of the molecule is CC(=O)c1ccc([C@H]2C[C@@]3(C)[C@@H](CC[C@]3(CCCO)C(C)=O)[C@@H]3CCC4=CC(=O)CCC4=C32)cc1. The number of Topliss-reactive ketones (excluding diaryl/α,β-unsaturated/α-hetero) is 2. The minimum absolute atomic E-state index is 0.0659. The van der Waals surface area contributed by atoms with Crippen LogP contribution in [-0.2, 0) is 9.59 Å². The van der Waals surface area contributed by atoms with Crippen molar-refractivity contribution in [1.29, 1.82) is 0 Å². The van der Waals surface area contributed by atoms with Crippen molar-refractivity contribution in [2.24, 2.45) is 22.7 Å². The van der Waals surface area contributed by atoms with E-state index >= 15 is 0 Å². The predicted octanol–water partition coefficient (Wildman–Crippen LogP) is 6.14. The highest BCUT2D eigenvalue weighted by atomic mass is 16.3. The average molecular weight is 475 g/mol. The van der Waals surface area contributed by atoms with Crippen LogP contribution in [0.4, 0.5) is 0 Å². The van der Waals surface area contributed by atoms with Gasteiger partial charge in [-0.15, -0.1) is 0 Å². The molecule has 1 N–H and O–H groups in total. The number of benzene rings is 1. The summed E-state index contributed by atoms with van der Waals surface area (Å²) in [5, 5.41) is 9.66. The molecule has 0 aromatic heterocycles. The van der Waals surface area contributed by atoms with Gasteiger partial charge in [-0.05, 0) is 105 Å². The Hall–Kier alpha value is -2.33. The molecule has 0 spiro atoms. The number of fused-ring (bicyclic) bond motifs is 4. The topological polar surface area (TPSA) is 71.4 Å². The maximum absolute atomic E-state index is 13.3. The zero-order valence-electron chi connectivity index (χ0n) is 21.4. The van der Waals surface area contributed by atoms with E-state index < -0.39 is 5.41 Å². The van der Waals surface area contributed by atoms with Crippen molar-refractivity contribution in [2.45, 2.75) is 84.5 Å². The highest BCUT2D eigenvalue weighted by molar-refractivity contribution is 5.94. The standard InChI is InChI=1S/C31H38O4/c1-19(33)21-5-7-22(8-6-21)27-18-30(3)28(13-15-31(30,20(2)34)14-4-16-32)26-11-9-23-17-24(35)10-12-25(23)29(26)27/h5-8,17,26-28,32H,4,9-16,18H2,1-3H3/t26-,27+,28-,30-,31+/m0/s1. The Labute approximate surface area is 208 Å². The van der Waals surface area contributed by atoms with Crippen LogP contribution in [-0.4, -0.2) is 29.1 Å². The van der Waals surface area contributed by atoms with Gasteiger partial charge in [0.05, 0.1) is 0 Å². The van der Waals surface area contributed by atoms with E-state index in [9.17, 15) is 19.5 Å². The Morgan fingerprint density at radius 2 is 1.80 bits per heavy atom. The van der Waals surface area contributed by atoms with Gasteiger partial charge in [-0.2, -0.15) is 0 Å². The van der Waals surface area contributed by atoms with Gasteiger partial charge in [-0.1, -0.05) is 36.8 Å². The van der Waals surface area contributed by atoms with Gasteiger partial charge in [0.15, 0.2) is 11.6 Å². The normalized spacial score (nSPS) is 34.1. The third kappa shape index (κ3) is 3.71. The molecular weight excluding hydrogens is 436 g/mol. The third-order valence-corrected chi connectivity index (χ3v) is 10.3. The lowest BCUT2D eigenvalue weighted by molar-refractivity contribution is -0.137. The number of carbonyl (C=O) groups is 3. The van der Waals surface area contributed by atoms with Crippen molar-refractivity contribution in [2.75, 3.05) is 6.61 Å². The third-order valence-electron chi connectivity index (χ3n) is 10.3. The molecule has 4 heteroatoms. The van der Waals surface area contributed by atoms with Gasteiger partial charge in [-0.3, -0.25) is 14.4 Å². The Kier molecular flexibility index (Phi) is 6.24. The van der Waals surface area contributed by atoms with Crippen LogP contribution in [0.3, 0.4) is 0 Å². The fourth-order valence-corrected chi connectivity index (χ4v) is 8.57. The van der Waals surface area contributed by atoms with Gasteiger partial charge in [0.2, 0.25) is 0 Å². The fourth-order valence-electron chi connectivity index (χ4n) is 8.57. The molecule has 0 saturated heterocycles. The lowest BCUT2D eigenvalue weighted by atomic mass is 9.47. The smallest absolute Gasteiger partial charge is 0.159 e. The first-order valence-corrected chi connectivity index (χ1v) is 13.4. The molecular formula is C31H38O4. The number of carbonyl (C=O) groups excluding carboxylic acids is 3. The van der Waals surface area contributed by atoms with Crippen LogP contribution >= 0.6 is 0 Å². The van der Waals surface area contributed by atoms with Crippen molar-refractivity contribution < 1.29 is 19.5 Å². The molecule has 35 heavy (non-hydrogen) atoms. The summed E-state index contributed by atoms with van der Waals surface area (Å²) in [6.07, 6.45) is 9.55. The molecule has 4 aliphatic rings. The van der Waals surface area contributed by atoms with Gasteiger partial charge in [-0.25, -0.2) is 0 Å². The summed E-state index contributed by atoms with van der Waals surface area (Å²) in [6, 6.07) is 8.10. The number of allylic oxidation sites excluding steroid dienone is 4. The Morgan fingerprint density at radius 3 is 2.46 bits per heavy atom. The number of ketones is 3. The minimum atomic E-state index is -0.396. The quantitative estimate of drug-likeness (QED) is 0.503. The van der Waals surface area contributed by atoms with E-state index in [1.54, 1.807) is 13.8 Å². The van der Waals surface area contributed by atoms with Crippen molar-refractivity contribution >= 4 is 17.3 Å².